The zero-order valence-corrected chi connectivity index (χ0v) is 10.9. The molecule has 1 aliphatic rings. The van der Waals surface area contributed by atoms with Gasteiger partial charge in [-0.3, -0.25) is 14.2 Å². The van der Waals surface area contributed by atoms with Gasteiger partial charge >= 0.3 is 17.1 Å². The molecule has 2 aromatic rings. The van der Waals surface area contributed by atoms with Crippen molar-refractivity contribution in [3.63, 3.8) is 0 Å². The molecule has 0 radical (unpaired) electrons. The molecular formula is C14H14N2O4. The average Bonchev–Trinajstić information content (AvgIpc) is 3.23. The number of carbonyl (C=O) groups is 1. The first-order valence-corrected chi connectivity index (χ1v) is 6.51. The number of benzene rings is 1. The van der Waals surface area contributed by atoms with Gasteiger partial charge in [0.05, 0.1) is 16.6 Å². The number of nitrogens with one attached hydrogen (secondary N) is 1. The van der Waals surface area contributed by atoms with Gasteiger partial charge in [0.2, 0.25) is 0 Å². The highest BCUT2D eigenvalue weighted by molar-refractivity contribution is 5.92. The summed E-state index contributed by atoms with van der Waals surface area (Å²) in [4.78, 5) is 37.3. The molecule has 6 nitrogen and oxygen atoms in total. The van der Waals surface area contributed by atoms with E-state index in [0.29, 0.717) is 17.0 Å². The van der Waals surface area contributed by atoms with Crippen LogP contribution in [0.3, 0.4) is 0 Å². The van der Waals surface area contributed by atoms with Gasteiger partial charge in [0.1, 0.15) is 0 Å². The summed E-state index contributed by atoms with van der Waals surface area (Å²) in [7, 11) is 0. The molecule has 0 spiro atoms. The number of rotatable bonds is 3. The van der Waals surface area contributed by atoms with E-state index in [1.807, 2.05) is 6.92 Å². The highest BCUT2D eigenvalue weighted by atomic mass is 16.4. The van der Waals surface area contributed by atoms with Gasteiger partial charge in [-0.25, -0.2) is 4.79 Å². The van der Waals surface area contributed by atoms with Crippen LogP contribution in [0.4, 0.5) is 0 Å². The Kier molecular flexibility index (Phi) is 2.74. The summed E-state index contributed by atoms with van der Waals surface area (Å²) in [6, 6.07) is 4.35. The molecule has 1 heterocycles. The molecule has 2 N–H and O–H groups in total. The van der Waals surface area contributed by atoms with Gasteiger partial charge in [0.15, 0.2) is 0 Å². The van der Waals surface area contributed by atoms with Crippen LogP contribution in [-0.4, -0.2) is 20.6 Å². The highest BCUT2D eigenvalue weighted by Gasteiger charge is 2.31. The van der Waals surface area contributed by atoms with Crippen molar-refractivity contribution in [3.8, 4) is 0 Å². The van der Waals surface area contributed by atoms with Crippen molar-refractivity contribution >= 4 is 17.0 Å². The van der Waals surface area contributed by atoms with Gasteiger partial charge in [-0.05, 0) is 43.9 Å². The molecule has 0 amide bonds. The zero-order valence-electron chi connectivity index (χ0n) is 10.9. The molecule has 1 saturated carbocycles. The number of aromatic nitrogens is 2. The van der Waals surface area contributed by atoms with Crippen LogP contribution in [0.25, 0.3) is 11.0 Å². The number of hydrogen-bond acceptors (Lipinski definition) is 3. The van der Waals surface area contributed by atoms with Crippen LogP contribution in [0.2, 0.25) is 0 Å². The van der Waals surface area contributed by atoms with E-state index < -0.39 is 17.1 Å². The Labute approximate surface area is 113 Å². The van der Waals surface area contributed by atoms with Crippen LogP contribution in [0.1, 0.15) is 36.2 Å². The second kappa shape index (κ2) is 4.33. The summed E-state index contributed by atoms with van der Waals surface area (Å²) >= 11 is 0. The van der Waals surface area contributed by atoms with E-state index in [1.54, 1.807) is 6.07 Å². The average molecular weight is 274 g/mol. The molecule has 20 heavy (non-hydrogen) atoms. The molecule has 104 valence electrons. The standard InChI is InChI=1S/C14H14N2O4/c1-7(8-2-3-8)16-11-5-4-9(14(19)20)6-10(11)15-12(17)13(16)18/h4-8H,2-3H2,1H3,(H,15,17)(H,19,20). The normalized spacial score (nSPS) is 16.2. The molecule has 1 aromatic carbocycles. The predicted molar refractivity (Wildman–Crippen MR) is 73.2 cm³/mol. The van der Waals surface area contributed by atoms with Gasteiger partial charge < -0.3 is 10.1 Å². The Hall–Kier alpha value is -2.37. The fourth-order valence-corrected chi connectivity index (χ4v) is 2.57. The van der Waals surface area contributed by atoms with Crippen LogP contribution in [0, 0.1) is 5.92 Å². The Bertz CT molecular complexity index is 814. The third kappa shape index (κ3) is 1.93. The van der Waals surface area contributed by atoms with Crippen LogP contribution in [-0.2, 0) is 0 Å². The molecule has 1 aliphatic carbocycles. The summed E-state index contributed by atoms with van der Waals surface area (Å²) < 4.78 is 1.48. The fourth-order valence-electron chi connectivity index (χ4n) is 2.57. The summed E-state index contributed by atoms with van der Waals surface area (Å²) in [5.41, 5.74) is -0.272. The molecular weight excluding hydrogens is 260 g/mol. The smallest absolute Gasteiger partial charge is 0.335 e. The van der Waals surface area contributed by atoms with E-state index in [9.17, 15) is 14.4 Å². The Morgan fingerprint density at radius 3 is 2.70 bits per heavy atom. The Morgan fingerprint density at radius 1 is 1.40 bits per heavy atom. The quantitative estimate of drug-likeness (QED) is 0.826. The maximum Gasteiger partial charge on any atom is 0.335 e. The van der Waals surface area contributed by atoms with Crippen molar-refractivity contribution in [1.82, 2.24) is 9.55 Å². The number of aromatic amines is 1. The first kappa shape index (κ1) is 12.7. The number of carboxylic acids is 1. The fraction of sp³-hybridized carbons (Fsp3) is 0.357. The molecule has 1 fully saturated rings. The van der Waals surface area contributed by atoms with E-state index >= 15 is 0 Å². The monoisotopic (exact) mass is 274 g/mol. The van der Waals surface area contributed by atoms with Crippen molar-refractivity contribution in [3.05, 3.63) is 44.5 Å². The van der Waals surface area contributed by atoms with Crippen molar-refractivity contribution in [2.75, 3.05) is 0 Å². The third-order valence-electron chi connectivity index (χ3n) is 3.88. The second-order valence-electron chi connectivity index (χ2n) is 5.24. The molecule has 6 heteroatoms. The van der Waals surface area contributed by atoms with Gasteiger partial charge in [-0.15, -0.1) is 0 Å². The molecule has 0 aliphatic heterocycles. The molecule has 1 unspecified atom stereocenters. The van der Waals surface area contributed by atoms with Crippen LogP contribution in [0.5, 0.6) is 0 Å². The second-order valence-corrected chi connectivity index (χ2v) is 5.24. The molecule has 3 rings (SSSR count). The van der Waals surface area contributed by atoms with E-state index in [1.165, 1.54) is 16.7 Å². The lowest BCUT2D eigenvalue weighted by Crippen LogP contribution is -2.38. The van der Waals surface area contributed by atoms with E-state index in [4.69, 9.17) is 5.11 Å². The molecule has 1 aromatic heterocycles. The number of H-pyrrole nitrogens is 1. The third-order valence-corrected chi connectivity index (χ3v) is 3.88. The highest BCUT2D eigenvalue weighted by Crippen LogP contribution is 2.39. The summed E-state index contributed by atoms with van der Waals surface area (Å²) in [6.07, 6.45) is 2.10. The Morgan fingerprint density at radius 2 is 2.10 bits per heavy atom. The summed E-state index contributed by atoms with van der Waals surface area (Å²) in [6.45, 7) is 1.92. The predicted octanol–water partition coefficient (Wildman–Crippen LogP) is 1.36. The minimum atomic E-state index is -1.07. The summed E-state index contributed by atoms with van der Waals surface area (Å²) in [5.74, 6) is -0.655. The SMILES string of the molecule is CC(C1CC1)n1c(=O)c(=O)[nH]c2cc(C(=O)O)ccc21. The van der Waals surface area contributed by atoms with Gasteiger partial charge in [0, 0.05) is 6.04 Å². The zero-order chi connectivity index (χ0) is 14.4. The van der Waals surface area contributed by atoms with E-state index in [0.717, 1.165) is 12.8 Å². The number of hydrogen-bond donors (Lipinski definition) is 2. The van der Waals surface area contributed by atoms with Crippen molar-refractivity contribution in [1.29, 1.82) is 0 Å². The minimum Gasteiger partial charge on any atom is -0.478 e. The number of carboxylic acid groups (broad SMARTS) is 1. The minimum absolute atomic E-state index is 0.0528. The van der Waals surface area contributed by atoms with Crippen LogP contribution >= 0.6 is 0 Å². The molecule has 1 atom stereocenters. The maximum atomic E-state index is 12.1. The number of fused-ring (bicyclic) bond motifs is 1. The first-order valence-electron chi connectivity index (χ1n) is 6.51. The van der Waals surface area contributed by atoms with E-state index in [-0.39, 0.29) is 11.6 Å². The topological polar surface area (TPSA) is 92.2 Å². The van der Waals surface area contributed by atoms with Gasteiger partial charge in [0.25, 0.3) is 0 Å². The maximum absolute atomic E-state index is 12.1. The summed E-state index contributed by atoms with van der Waals surface area (Å²) in [5, 5.41) is 8.98. The van der Waals surface area contributed by atoms with Gasteiger partial charge in [-0.2, -0.15) is 0 Å². The van der Waals surface area contributed by atoms with Crippen LogP contribution in [0.15, 0.2) is 27.8 Å². The van der Waals surface area contributed by atoms with Crippen molar-refractivity contribution < 1.29 is 9.90 Å². The molecule has 0 saturated heterocycles. The van der Waals surface area contributed by atoms with Gasteiger partial charge in [-0.1, -0.05) is 0 Å². The lowest BCUT2D eigenvalue weighted by molar-refractivity contribution is 0.0697. The van der Waals surface area contributed by atoms with Crippen molar-refractivity contribution in [2.24, 2.45) is 5.92 Å². The lowest BCUT2D eigenvalue weighted by atomic mass is 10.1. The number of aromatic carboxylic acids is 1. The lowest BCUT2D eigenvalue weighted by Gasteiger charge is -2.16. The molecule has 0 bridgehead atoms. The van der Waals surface area contributed by atoms with Crippen molar-refractivity contribution in [2.45, 2.75) is 25.8 Å². The van der Waals surface area contributed by atoms with E-state index in [2.05, 4.69) is 4.98 Å². The number of nitrogens with zero attached hydrogens (tertiary/aromatic N) is 1. The Balaban J connectivity index is 2.31. The van der Waals surface area contributed by atoms with Crippen LogP contribution < -0.4 is 11.1 Å². The largest absolute Gasteiger partial charge is 0.478 e. The first-order chi connectivity index (χ1) is 9.49.